The molecular weight excluding hydrogens is 198 g/mol. The van der Waals surface area contributed by atoms with Crippen molar-refractivity contribution in [2.45, 2.75) is 19.3 Å². The number of hydrogen-bond donors (Lipinski definition) is 0. The van der Waals surface area contributed by atoms with E-state index >= 15 is 0 Å². The van der Waals surface area contributed by atoms with Gasteiger partial charge in [0.15, 0.2) is 0 Å². The molecule has 2 heteroatoms. The van der Waals surface area contributed by atoms with Gasteiger partial charge in [0.25, 0.3) is 0 Å². The molecule has 2 heterocycles. The third-order valence-electron chi connectivity index (χ3n) is 2.94. The van der Waals surface area contributed by atoms with Crippen molar-refractivity contribution >= 4 is 11.0 Å². The van der Waals surface area contributed by atoms with Crippen molar-refractivity contribution in [3.8, 4) is 0 Å². The van der Waals surface area contributed by atoms with E-state index in [0.29, 0.717) is 0 Å². The lowest BCUT2D eigenvalue weighted by molar-refractivity contribution is 0.277. The second-order valence-electron chi connectivity index (χ2n) is 4.32. The summed E-state index contributed by atoms with van der Waals surface area (Å²) in [6.45, 7) is 2.64. The van der Waals surface area contributed by atoms with E-state index in [4.69, 9.17) is 4.42 Å². The zero-order chi connectivity index (χ0) is 11.2. The summed E-state index contributed by atoms with van der Waals surface area (Å²) in [6, 6.07) is 9.90. The zero-order valence-corrected chi connectivity index (χ0v) is 9.86. The molecule has 0 bridgehead atoms. The van der Waals surface area contributed by atoms with Crippen LogP contribution in [-0.2, 0) is 0 Å². The van der Waals surface area contributed by atoms with E-state index in [-0.39, 0.29) is 0 Å². The molecule has 3 rings (SSSR count). The van der Waals surface area contributed by atoms with Crippen LogP contribution in [0.4, 0.5) is 0 Å². The predicted molar refractivity (Wildman–Crippen MR) is 67.6 cm³/mol. The molecule has 1 aliphatic rings. The number of hydrogen-bond acceptors (Lipinski definition) is 2. The molecule has 0 N–H and O–H groups in total. The molecule has 0 saturated carbocycles. The lowest BCUT2D eigenvalue weighted by atomic mass is 10.1. The quantitative estimate of drug-likeness (QED) is 0.671. The highest BCUT2D eigenvalue weighted by molar-refractivity contribution is 5.76. The summed E-state index contributed by atoms with van der Waals surface area (Å²) < 4.78 is 5.12. The first-order chi connectivity index (χ1) is 7.86. The van der Waals surface area contributed by atoms with Gasteiger partial charge in [-0.05, 0) is 45.1 Å². The largest absolute Gasteiger partial charge is 0.464 e. The lowest BCUT2D eigenvalue weighted by Gasteiger charge is -2.20. The Morgan fingerprint density at radius 2 is 1.75 bits per heavy atom. The van der Waals surface area contributed by atoms with Crippen LogP contribution < -0.4 is 0 Å². The van der Waals surface area contributed by atoms with Gasteiger partial charge < -0.3 is 9.32 Å². The highest BCUT2D eigenvalue weighted by Gasteiger charge is 2.02. The Morgan fingerprint density at radius 3 is 2.38 bits per heavy atom. The van der Waals surface area contributed by atoms with Crippen LogP contribution in [-0.4, -0.2) is 25.0 Å². The molecule has 86 valence electrons. The van der Waals surface area contributed by atoms with Crippen LogP contribution in [0, 0.1) is 0 Å². The van der Waals surface area contributed by atoms with Crippen molar-refractivity contribution in [1.82, 2.24) is 4.90 Å². The van der Waals surface area contributed by atoms with Crippen molar-refractivity contribution < 1.29 is 4.42 Å². The third-order valence-corrected chi connectivity index (χ3v) is 2.94. The maximum Gasteiger partial charge on any atom is 0.133 e. The van der Waals surface area contributed by atoms with E-state index in [1.54, 1.807) is 6.26 Å². The van der Waals surface area contributed by atoms with Crippen LogP contribution in [0.5, 0.6) is 0 Å². The van der Waals surface area contributed by atoms with Gasteiger partial charge in [0, 0.05) is 5.39 Å². The van der Waals surface area contributed by atoms with Crippen molar-refractivity contribution in [2.75, 3.05) is 20.1 Å². The summed E-state index contributed by atoms with van der Waals surface area (Å²) in [6.07, 6.45) is 5.97. The first kappa shape index (κ1) is 11.2. The van der Waals surface area contributed by atoms with Gasteiger partial charge in [0.1, 0.15) is 5.58 Å². The summed E-state index contributed by atoms with van der Waals surface area (Å²) in [5.41, 5.74) is 0.956. The van der Waals surface area contributed by atoms with E-state index in [1.807, 2.05) is 30.3 Å². The fraction of sp³-hybridized carbons (Fsp3) is 0.429. The number of rotatable bonds is 0. The zero-order valence-electron chi connectivity index (χ0n) is 9.86. The Labute approximate surface area is 96.9 Å². The topological polar surface area (TPSA) is 16.4 Å². The van der Waals surface area contributed by atoms with Gasteiger partial charge in [0.2, 0.25) is 0 Å². The van der Waals surface area contributed by atoms with Crippen LogP contribution >= 0.6 is 0 Å². The highest BCUT2D eigenvalue weighted by Crippen LogP contribution is 2.12. The Kier molecular flexibility index (Phi) is 4.00. The molecule has 16 heavy (non-hydrogen) atoms. The van der Waals surface area contributed by atoms with Crippen LogP contribution in [0.1, 0.15) is 19.3 Å². The van der Waals surface area contributed by atoms with Gasteiger partial charge in [-0.2, -0.15) is 0 Å². The first-order valence-electron chi connectivity index (χ1n) is 5.97. The number of furan rings is 1. The van der Waals surface area contributed by atoms with E-state index < -0.39 is 0 Å². The van der Waals surface area contributed by atoms with Crippen molar-refractivity contribution in [3.63, 3.8) is 0 Å². The molecule has 1 aliphatic heterocycles. The van der Waals surface area contributed by atoms with E-state index in [1.165, 1.54) is 32.4 Å². The molecule has 0 unspecified atom stereocenters. The van der Waals surface area contributed by atoms with E-state index in [0.717, 1.165) is 11.0 Å². The first-order valence-corrected chi connectivity index (χ1v) is 5.97. The second-order valence-corrected chi connectivity index (χ2v) is 4.32. The number of para-hydroxylation sites is 1. The monoisotopic (exact) mass is 217 g/mol. The molecule has 2 nitrogen and oxygen atoms in total. The van der Waals surface area contributed by atoms with Crippen LogP contribution in [0.3, 0.4) is 0 Å². The third kappa shape index (κ3) is 3.11. The molecule has 0 spiro atoms. The molecular formula is C14H19NO. The molecule has 0 amide bonds. The Balaban J connectivity index is 0.000000125. The van der Waals surface area contributed by atoms with Gasteiger partial charge in [-0.15, -0.1) is 0 Å². The second kappa shape index (κ2) is 5.71. The minimum atomic E-state index is 0.956. The summed E-state index contributed by atoms with van der Waals surface area (Å²) in [5, 5.41) is 1.16. The summed E-state index contributed by atoms with van der Waals surface area (Å²) in [4.78, 5) is 2.39. The number of fused-ring (bicyclic) bond motifs is 1. The SMILES string of the molecule is CN1CCCCC1.c1ccc2occc2c1. The maximum absolute atomic E-state index is 5.12. The molecule has 1 saturated heterocycles. The smallest absolute Gasteiger partial charge is 0.133 e. The predicted octanol–water partition coefficient (Wildman–Crippen LogP) is 3.53. The number of piperidine rings is 1. The number of benzene rings is 1. The van der Waals surface area contributed by atoms with Crippen molar-refractivity contribution in [2.24, 2.45) is 0 Å². The van der Waals surface area contributed by atoms with Crippen molar-refractivity contribution in [1.29, 1.82) is 0 Å². The maximum atomic E-state index is 5.12. The molecule has 0 radical (unpaired) electrons. The summed E-state index contributed by atoms with van der Waals surface area (Å²) in [7, 11) is 2.19. The molecule has 1 aromatic heterocycles. The van der Waals surface area contributed by atoms with Crippen LogP contribution in [0.25, 0.3) is 11.0 Å². The fourth-order valence-electron chi connectivity index (χ4n) is 1.96. The average molecular weight is 217 g/mol. The Morgan fingerprint density at radius 1 is 1.00 bits per heavy atom. The number of likely N-dealkylation sites (tertiary alicyclic amines) is 1. The van der Waals surface area contributed by atoms with Gasteiger partial charge >= 0.3 is 0 Å². The standard InChI is InChI=1S/C8H6O.C6H13N/c1-2-4-8-7(3-1)5-6-9-8;1-7-5-3-2-4-6-7/h1-6H;2-6H2,1H3. The molecule has 1 aromatic carbocycles. The van der Waals surface area contributed by atoms with E-state index in [9.17, 15) is 0 Å². The molecule has 0 aliphatic carbocycles. The Hall–Kier alpha value is -1.28. The molecule has 2 aromatic rings. The fourth-order valence-corrected chi connectivity index (χ4v) is 1.96. The van der Waals surface area contributed by atoms with Crippen LogP contribution in [0.2, 0.25) is 0 Å². The highest BCUT2D eigenvalue weighted by atomic mass is 16.3. The average Bonchev–Trinajstić information content (AvgIpc) is 2.79. The van der Waals surface area contributed by atoms with Crippen LogP contribution in [0.15, 0.2) is 41.0 Å². The Bertz CT molecular complexity index is 385. The van der Waals surface area contributed by atoms with E-state index in [2.05, 4.69) is 11.9 Å². The lowest BCUT2D eigenvalue weighted by Crippen LogP contribution is -2.24. The molecule has 1 fully saturated rings. The summed E-state index contributed by atoms with van der Waals surface area (Å²) >= 11 is 0. The van der Waals surface area contributed by atoms with Gasteiger partial charge in [0.05, 0.1) is 6.26 Å². The number of nitrogens with zero attached hydrogens (tertiary/aromatic N) is 1. The summed E-state index contributed by atoms with van der Waals surface area (Å²) in [5.74, 6) is 0. The van der Waals surface area contributed by atoms with Crippen molar-refractivity contribution in [3.05, 3.63) is 36.6 Å². The van der Waals surface area contributed by atoms with Gasteiger partial charge in [-0.25, -0.2) is 0 Å². The van der Waals surface area contributed by atoms with Gasteiger partial charge in [-0.1, -0.05) is 24.6 Å². The normalized spacial score (nSPS) is 16.8. The molecule has 0 atom stereocenters. The van der Waals surface area contributed by atoms with Gasteiger partial charge in [-0.3, -0.25) is 0 Å². The minimum absolute atomic E-state index is 0.956. The minimum Gasteiger partial charge on any atom is -0.464 e.